The van der Waals surface area contributed by atoms with Gasteiger partial charge in [0.2, 0.25) is 0 Å². The molecule has 0 spiro atoms. The number of methoxy groups -OCH3 is 1. The van der Waals surface area contributed by atoms with Crippen LogP contribution in [0.3, 0.4) is 0 Å². The molecule has 0 fully saturated rings. The Morgan fingerprint density at radius 1 is 1.19 bits per heavy atom. The molecule has 4 heteroatoms. The minimum Gasteiger partial charge on any atom is -0.497 e. The summed E-state index contributed by atoms with van der Waals surface area (Å²) in [5.74, 6) is 1.87. The number of hydrogen-bond acceptors (Lipinski definition) is 3. The Kier molecular flexibility index (Phi) is 6.43. The highest BCUT2D eigenvalue weighted by atomic mass is 35.5. The third kappa shape index (κ3) is 4.95. The molecule has 0 heterocycles. The molecule has 0 aromatic heterocycles. The molecule has 0 aliphatic carbocycles. The zero-order valence-corrected chi connectivity index (χ0v) is 13.9. The Morgan fingerprint density at radius 3 is 2.71 bits per heavy atom. The first-order valence-corrected chi connectivity index (χ1v) is 8.27. The Bertz CT molecular complexity index is 576. The summed E-state index contributed by atoms with van der Waals surface area (Å²) < 4.78 is 5.27. The maximum atomic E-state index is 6.19. The number of nitrogens with one attached hydrogen (secondary N) is 1. The summed E-state index contributed by atoms with van der Waals surface area (Å²) in [6.45, 7) is 0. The van der Waals surface area contributed by atoms with Crippen LogP contribution in [0.1, 0.15) is 5.56 Å². The van der Waals surface area contributed by atoms with Gasteiger partial charge in [-0.05, 0) is 43.3 Å². The van der Waals surface area contributed by atoms with Crippen LogP contribution in [-0.2, 0) is 6.42 Å². The maximum absolute atomic E-state index is 6.19. The van der Waals surface area contributed by atoms with Crippen LogP contribution in [0.5, 0.6) is 5.75 Å². The van der Waals surface area contributed by atoms with Crippen molar-refractivity contribution in [3.8, 4) is 5.75 Å². The van der Waals surface area contributed by atoms with Gasteiger partial charge in [-0.15, -0.1) is 11.8 Å². The van der Waals surface area contributed by atoms with Crippen molar-refractivity contribution in [1.82, 2.24) is 5.32 Å². The van der Waals surface area contributed by atoms with Crippen molar-refractivity contribution < 1.29 is 4.74 Å². The van der Waals surface area contributed by atoms with Crippen LogP contribution in [0.25, 0.3) is 0 Å². The molecule has 0 amide bonds. The van der Waals surface area contributed by atoms with E-state index in [-0.39, 0.29) is 0 Å². The zero-order valence-electron chi connectivity index (χ0n) is 12.3. The number of benzene rings is 2. The summed E-state index contributed by atoms with van der Waals surface area (Å²) in [5.41, 5.74) is 1.27. The number of ether oxygens (including phenoxy) is 1. The van der Waals surface area contributed by atoms with Gasteiger partial charge in [-0.2, -0.15) is 0 Å². The second kappa shape index (κ2) is 8.32. The van der Waals surface area contributed by atoms with Gasteiger partial charge in [0.05, 0.1) is 12.1 Å². The quantitative estimate of drug-likeness (QED) is 0.769. The molecule has 1 unspecified atom stereocenters. The Labute approximate surface area is 135 Å². The Morgan fingerprint density at radius 2 is 2.00 bits per heavy atom. The molecule has 0 bridgehead atoms. The Hall–Kier alpha value is -1.16. The molecule has 2 aromatic carbocycles. The van der Waals surface area contributed by atoms with Gasteiger partial charge in [0.1, 0.15) is 5.75 Å². The van der Waals surface area contributed by atoms with Crippen LogP contribution in [0.4, 0.5) is 0 Å². The first kappa shape index (κ1) is 16.2. The zero-order chi connectivity index (χ0) is 15.1. The molecule has 0 aliphatic heterocycles. The summed E-state index contributed by atoms with van der Waals surface area (Å²) in [6.07, 6.45) is 0.963. The van der Waals surface area contributed by atoms with Crippen molar-refractivity contribution in [2.75, 3.05) is 19.9 Å². The molecule has 2 nitrogen and oxygen atoms in total. The topological polar surface area (TPSA) is 21.3 Å². The number of rotatable bonds is 7. The molecule has 1 atom stereocenters. The van der Waals surface area contributed by atoms with Crippen molar-refractivity contribution in [2.24, 2.45) is 0 Å². The van der Waals surface area contributed by atoms with Gasteiger partial charge in [-0.1, -0.05) is 35.9 Å². The van der Waals surface area contributed by atoms with E-state index < -0.39 is 0 Å². The summed E-state index contributed by atoms with van der Waals surface area (Å²) in [7, 11) is 3.69. The van der Waals surface area contributed by atoms with Crippen LogP contribution in [0.15, 0.2) is 53.4 Å². The summed E-state index contributed by atoms with van der Waals surface area (Å²) in [4.78, 5) is 1.13. The average Bonchev–Trinajstić information content (AvgIpc) is 2.53. The third-order valence-electron chi connectivity index (χ3n) is 3.30. The molecule has 1 N–H and O–H groups in total. The summed E-state index contributed by atoms with van der Waals surface area (Å²) >= 11 is 7.98. The van der Waals surface area contributed by atoms with Gasteiger partial charge in [-0.3, -0.25) is 0 Å². The molecule has 2 aromatic rings. The molecule has 0 saturated heterocycles. The first-order valence-electron chi connectivity index (χ1n) is 6.90. The minimum atomic E-state index is 0.387. The molecule has 0 saturated carbocycles. The van der Waals surface area contributed by atoms with Crippen LogP contribution in [0.2, 0.25) is 5.02 Å². The smallest absolute Gasteiger partial charge is 0.119 e. The largest absolute Gasteiger partial charge is 0.497 e. The fourth-order valence-corrected chi connectivity index (χ4v) is 3.43. The van der Waals surface area contributed by atoms with Crippen LogP contribution in [0, 0.1) is 0 Å². The minimum absolute atomic E-state index is 0.387. The van der Waals surface area contributed by atoms with Crippen LogP contribution >= 0.6 is 23.4 Å². The SMILES string of the molecule is CNC(CSc1ccccc1Cl)Cc1cccc(OC)c1. The highest BCUT2D eigenvalue weighted by Crippen LogP contribution is 2.27. The molecular weight excluding hydrogens is 302 g/mol. The van der Waals surface area contributed by atoms with E-state index in [1.807, 2.05) is 37.4 Å². The van der Waals surface area contributed by atoms with E-state index in [1.165, 1.54) is 5.56 Å². The standard InChI is InChI=1S/C17H20ClNOS/c1-19-14(10-13-6-5-7-15(11-13)20-2)12-21-17-9-4-3-8-16(17)18/h3-9,11,14,19H,10,12H2,1-2H3. The predicted molar refractivity (Wildman–Crippen MR) is 91.7 cm³/mol. The molecule has 112 valence electrons. The van der Waals surface area contributed by atoms with Gasteiger partial charge in [0.15, 0.2) is 0 Å². The number of halogens is 1. The van der Waals surface area contributed by atoms with Crippen molar-refractivity contribution >= 4 is 23.4 Å². The summed E-state index contributed by atoms with van der Waals surface area (Å²) in [6, 6.07) is 16.6. The van der Waals surface area contributed by atoms with Crippen LogP contribution in [-0.4, -0.2) is 26.0 Å². The van der Waals surface area contributed by atoms with E-state index >= 15 is 0 Å². The summed E-state index contributed by atoms with van der Waals surface area (Å²) in [5, 5.41) is 4.19. The molecule has 2 rings (SSSR count). The van der Waals surface area contributed by atoms with Crippen LogP contribution < -0.4 is 10.1 Å². The number of hydrogen-bond donors (Lipinski definition) is 1. The number of thioether (sulfide) groups is 1. The van der Waals surface area contributed by atoms with Crippen molar-refractivity contribution in [1.29, 1.82) is 0 Å². The van der Waals surface area contributed by atoms with E-state index in [0.29, 0.717) is 6.04 Å². The van der Waals surface area contributed by atoms with E-state index in [4.69, 9.17) is 16.3 Å². The highest BCUT2D eigenvalue weighted by Gasteiger charge is 2.10. The lowest BCUT2D eigenvalue weighted by atomic mass is 10.1. The molecule has 21 heavy (non-hydrogen) atoms. The third-order valence-corrected chi connectivity index (χ3v) is 4.98. The average molecular weight is 322 g/mol. The molecular formula is C17H20ClNOS. The first-order chi connectivity index (χ1) is 10.2. The maximum Gasteiger partial charge on any atom is 0.119 e. The van der Waals surface area contributed by atoms with Crippen molar-refractivity contribution in [3.05, 3.63) is 59.1 Å². The van der Waals surface area contributed by atoms with Gasteiger partial charge in [0.25, 0.3) is 0 Å². The normalized spacial score (nSPS) is 12.1. The van der Waals surface area contributed by atoms with E-state index in [0.717, 1.165) is 27.8 Å². The second-order valence-corrected chi connectivity index (χ2v) is 6.25. The fourth-order valence-electron chi connectivity index (χ4n) is 2.08. The van der Waals surface area contributed by atoms with E-state index in [1.54, 1.807) is 18.9 Å². The predicted octanol–water partition coefficient (Wildman–Crippen LogP) is 4.27. The van der Waals surface area contributed by atoms with Gasteiger partial charge in [-0.25, -0.2) is 0 Å². The lowest BCUT2D eigenvalue weighted by molar-refractivity contribution is 0.414. The lowest BCUT2D eigenvalue weighted by Gasteiger charge is -2.16. The van der Waals surface area contributed by atoms with Gasteiger partial charge in [0, 0.05) is 16.7 Å². The molecule has 0 aliphatic rings. The van der Waals surface area contributed by atoms with Crippen molar-refractivity contribution in [2.45, 2.75) is 17.4 Å². The highest BCUT2D eigenvalue weighted by molar-refractivity contribution is 7.99. The van der Waals surface area contributed by atoms with E-state index in [9.17, 15) is 0 Å². The van der Waals surface area contributed by atoms with Gasteiger partial charge < -0.3 is 10.1 Å². The lowest BCUT2D eigenvalue weighted by Crippen LogP contribution is -2.30. The van der Waals surface area contributed by atoms with Gasteiger partial charge >= 0.3 is 0 Å². The second-order valence-electron chi connectivity index (χ2n) is 4.78. The monoisotopic (exact) mass is 321 g/mol. The number of likely N-dealkylation sites (N-methyl/N-ethyl adjacent to an activating group) is 1. The fraction of sp³-hybridized carbons (Fsp3) is 0.294. The van der Waals surface area contributed by atoms with E-state index in [2.05, 4.69) is 23.5 Å². The van der Waals surface area contributed by atoms with Crippen molar-refractivity contribution in [3.63, 3.8) is 0 Å². The molecule has 0 radical (unpaired) electrons. The Balaban J connectivity index is 1.95.